The summed E-state index contributed by atoms with van der Waals surface area (Å²) in [5.74, 6) is 0. The quantitative estimate of drug-likeness (QED) is 0.206. The number of benzene rings is 1. The second kappa shape index (κ2) is 12.7. The van der Waals surface area contributed by atoms with Gasteiger partial charge in [0.2, 0.25) is 0 Å². The summed E-state index contributed by atoms with van der Waals surface area (Å²) < 4.78 is 0.764. The van der Waals surface area contributed by atoms with Crippen LogP contribution < -0.4 is 5.46 Å². The van der Waals surface area contributed by atoms with E-state index in [2.05, 4.69) is 174 Å². The standard InChI is InChI=1S/C32H64BGeS2Si6/c1-37(2,3)30(38(4,5)6)25-23-27(31(39(7,8)9)40(10,11)12)29(33-35-34(36-33)26-21-19-20-22-26)28(24-25)32(41(13,14)15)42(16,17)18/h19-24,26,30-32H,1-18H3. The van der Waals surface area contributed by atoms with Crippen molar-refractivity contribution in [2.45, 2.75) is 138 Å². The molecule has 3 rings (SSSR count). The minimum atomic E-state index is -1.49. The summed E-state index contributed by atoms with van der Waals surface area (Å²) in [4.78, 5) is 0. The van der Waals surface area contributed by atoms with Gasteiger partial charge in [0.15, 0.2) is 0 Å². The van der Waals surface area contributed by atoms with Crippen molar-refractivity contribution in [3.63, 3.8) is 0 Å². The molecule has 1 aliphatic heterocycles. The van der Waals surface area contributed by atoms with Crippen LogP contribution in [0.15, 0.2) is 36.4 Å². The molecule has 42 heavy (non-hydrogen) atoms. The molecule has 0 nitrogen and oxygen atoms in total. The first-order chi connectivity index (χ1) is 18.6. The zero-order valence-corrected chi connectivity index (χ0v) is 40.4. The topological polar surface area (TPSA) is 0 Å². The van der Waals surface area contributed by atoms with E-state index in [0.717, 1.165) is 20.2 Å². The zero-order chi connectivity index (χ0) is 32.4. The molecule has 1 aliphatic carbocycles. The third kappa shape index (κ3) is 8.61. The normalized spacial score (nSPS) is 18.3. The van der Waals surface area contributed by atoms with Gasteiger partial charge >= 0.3 is 282 Å². The van der Waals surface area contributed by atoms with Crippen LogP contribution in [-0.2, 0) is 0 Å². The molecular weight excluding hydrogens is 700 g/mol. The fourth-order valence-corrected chi connectivity index (χ4v) is 62.9. The van der Waals surface area contributed by atoms with Gasteiger partial charge in [-0.1, -0.05) is 0 Å². The van der Waals surface area contributed by atoms with E-state index < -0.39 is 60.5 Å². The summed E-state index contributed by atoms with van der Waals surface area (Å²) in [6.07, 6.45) is 9.61. The van der Waals surface area contributed by atoms with E-state index >= 15 is 0 Å². The van der Waals surface area contributed by atoms with Crippen molar-refractivity contribution < 1.29 is 0 Å². The second-order valence-corrected chi connectivity index (χ2v) is 66.7. The number of hydrogen-bond acceptors (Lipinski definition) is 2. The van der Waals surface area contributed by atoms with E-state index in [4.69, 9.17) is 0 Å². The molecule has 0 aromatic heterocycles. The fourth-order valence-electron chi connectivity index (χ4n) is 9.49. The van der Waals surface area contributed by atoms with Crippen molar-refractivity contribution in [2.24, 2.45) is 0 Å². The van der Waals surface area contributed by atoms with E-state index in [-0.39, 0.29) is 0 Å². The Labute approximate surface area is 280 Å². The van der Waals surface area contributed by atoms with Gasteiger partial charge in [-0.3, -0.25) is 0 Å². The monoisotopic (exact) mass is 765 g/mol. The molecular formula is C32H64BGeS2Si6. The molecule has 0 unspecified atom stereocenters. The van der Waals surface area contributed by atoms with Crippen molar-refractivity contribution in [2.75, 3.05) is 0 Å². The summed E-state index contributed by atoms with van der Waals surface area (Å²) >= 11 is -1.24. The Morgan fingerprint density at radius 2 is 0.833 bits per heavy atom. The third-order valence-electron chi connectivity index (χ3n) is 9.12. The summed E-state index contributed by atoms with van der Waals surface area (Å²) in [5, 5.41) is 3.04. The maximum absolute atomic E-state index is 2.90. The van der Waals surface area contributed by atoms with E-state index in [1.807, 2.05) is 16.6 Å². The molecule has 1 radical (unpaired) electrons. The Balaban J connectivity index is 2.49. The summed E-state index contributed by atoms with van der Waals surface area (Å²) in [5.41, 5.74) is 7.37. The molecule has 0 amide bonds. The molecule has 1 heterocycles. The van der Waals surface area contributed by atoms with Crippen LogP contribution in [0.4, 0.5) is 0 Å². The molecule has 0 spiro atoms. The van der Waals surface area contributed by atoms with E-state index in [0.29, 0.717) is 5.27 Å². The summed E-state index contributed by atoms with van der Waals surface area (Å²) in [6.45, 7) is 48.4. The van der Waals surface area contributed by atoms with Crippen molar-refractivity contribution in [1.29, 1.82) is 0 Å². The molecule has 235 valence electrons. The van der Waals surface area contributed by atoms with Crippen molar-refractivity contribution in [3.8, 4) is 0 Å². The van der Waals surface area contributed by atoms with Crippen LogP contribution in [0, 0.1) is 0 Å². The second-order valence-electron chi connectivity index (χ2n) is 19.8. The minimum absolute atomic E-state index is 0.657. The first kappa shape index (κ1) is 37.8. The number of hydrogen-bond donors (Lipinski definition) is 0. The van der Waals surface area contributed by atoms with Gasteiger partial charge in [-0.25, -0.2) is 0 Å². The first-order valence-electron chi connectivity index (χ1n) is 16.4. The van der Waals surface area contributed by atoms with Gasteiger partial charge in [0.05, 0.1) is 0 Å². The maximum atomic E-state index is 2.90. The Hall–Kier alpha value is 1.31. The van der Waals surface area contributed by atoms with Crippen LogP contribution in [0.1, 0.15) is 32.2 Å². The van der Waals surface area contributed by atoms with Crippen LogP contribution in [0.2, 0.25) is 123 Å². The number of allylic oxidation sites excluding steroid dienone is 4. The molecule has 1 aromatic carbocycles. The van der Waals surface area contributed by atoms with Crippen LogP contribution in [-0.4, -0.2) is 65.8 Å². The SMILES string of the molecule is C[Si](C)(C)C(c1cc(C([Si](C)(C)C)[Si](C)(C)C)c(B2[S][Ge]([CH]3C=CC=C3)[S]2)c(C([Si](C)(C)C)[Si](C)(C)C)c1)[Si](C)(C)C. The van der Waals surface area contributed by atoms with Gasteiger partial charge in [-0.15, -0.1) is 0 Å². The van der Waals surface area contributed by atoms with Crippen LogP contribution >= 0.6 is 19.9 Å². The zero-order valence-electron chi connectivity index (χ0n) is 30.7. The average molecular weight is 765 g/mol. The predicted octanol–water partition coefficient (Wildman–Crippen LogP) is 11.4. The molecule has 0 atom stereocenters. The average Bonchev–Trinajstić information content (AvgIpc) is 3.15. The molecule has 0 saturated carbocycles. The molecule has 1 saturated heterocycles. The summed E-state index contributed by atoms with van der Waals surface area (Å²) in [7, 11) is -3.92. The Morgan fingerprint density at radius 1 is 0.524 bits per heavy atom. The van der Waals surface area contributed by atoms with Gasteiger partial charge in [0.1, 0.15) is 0 Å². The predicted molar refractivity (Wildman–Crippen MR) is 223 cm³/mol. The van der Waals surface area contributed by atoms with E-state index in [1.165, 1.54) is 0 Å². The van der Waals surface area contributed by atoms with Crippen LogP contribution in [0.3, 0.4) is 0 Å². The van der Waals surface area contributed by atoms with E-state index in [1.54, 1.807) is 5.56 Å². The Bertz CT molecular complexity index is 1080. The first-order valence-corrected chi connectivity index (χ1v) is 46.0. The summed E-state index contributed by atoms with van der Waals surface area (Å²) in [6, 6.07) is 5.81. The molecule has 2 aliphatic rings. The van der Waals surface area contributed by atoms with Crippen LogP contribution in [0.5, 0.6) is 0 Å². The molecule has 0 bridgehead atoms. The molecule has 10 heteroatoms. The van der Waals surface area contributed by atoms with Crippen molar-refractivity contribution in [3.05, 3.63) is 53.1 Å². The Kier molecular flexibility index (Phi) is 11.4. The van der Waals surface area contributed by atoms with Gasteiger partial charge < -0.3 is 0 Å². The fraction of sp³-hybridized carbons (Fsp3) is 0.688. The van der Waals surface area contributed by atoms with Gasteiger partial charge in [0, 0.05) is 0 Å². The van der Waals surface area contributed by atoms with Gasteiger partial charge in [0.25, 0.3) is 0 Å². The molecule has 1 fully saturated rings. The van der Waals surface area contributed by atoms with Crippen molar-refractivity contribution >= 4 is 91.1 Å². The van der Waals surface area contributed by atoms with Gasteiger partial charge in [-0.2, -0.15) is 0 Å². The Morgan fingerprint density at radius 3 is 1.12 bits per heavy atom. The molecule has 1 aromatic rings. The van der Waals surface area contributed by atoms with Crippen LogP contribution in [0.25, 0.3) is 0 Å². The third-order valence-corrected chi connectivity index (χ3v) is 54.8. The van der Waals surface area contributed by atoms with Gasteiger partial charge in [-0.05, 0) is 0 Å². The van der Waals surface area contributed by atoms with E-state index in [9.17, 15) is 0 Å². The van der Waals surface area contributed by atoms with Crippen molar-refractivity contribution in [1.82, 2.24) is 0 Å². The molecule has 0 N–H and O–H groups in total. The number of rotatable bonds is 11.